The fraction of sp³-hybridized carbons (Fsp3) is 0.400. The minimum atomic E-state index is 0.341. The monoisotopic (exact) mass is 328 g/mol. The maximum Gasteiger partial charge on any atom is 0.119 e. The molecule has 0 radical (unpaired) electrons. The fourth-order valence-corrected chi connectivity index (χ4v) is 4.27. The van der Waals surface area contributed by atoms with Gasteiger partial charge in [0.2, 0.25) is 0 Å². The van der Waals surface area contributed by atoms with E-state index in [1.54, 1.807) is 11.3 Å². The van der Waals surface area contributed by atoms with Crippen molar-refractivity contribution in [3.63, 3.8) is 0 Å². The lowest BCUT2D eigenvalue weighted by atomic mass is 9.95. The van der Waals surface area contributed by atoms with Crippen LogP contribution in [0.1, 0.15) is 63.5 Å². The molecule has 1 heterocycles. The van der Waals surface area contributed by atoms with Gasteiger partial charge in [-0.2, -0.15) is 0 Å². The molecule has 2 unspecified atom stereocenters. The highest BCUT2D eigenvalue weighted by Gasteiger charge is 2.16. The molecule has 0 aliphatic carbocycles. The second kappa shape index (κ2) is 6.04. The first-order valence-corrected chi connectivity index (χ1v) is 9.19. The second-order valence-electron chi connectivity index (χ2n) is 6.54. The summed E-state index contributed by atoms with van der Waals surface area (Å²) in [5, 5.41) is 22.8. The van der Waals surface area contributed by atoms with Crippen molar-refractivity contribution in [1.29, 1.82) is 0 Å². The first-order valence-electron chi connectivity index (χ1n) is 8.38. The summed E-state index contributed by atoms with van der Waals surface area (Å²) >= 11 is 1.74. The van der Waals surface area contributed by atoms with Crippen molar-refractivity contribution in [3.05, 3.63) is 35.4 Å². The van der Waals surface area contributed by atoms with Crippen LogP contribution >= 0.6 is 11.3 Å². The van der Waals surface area contributed by atoms with Gasteiger partial charge >= 0.3 is 0 Å². The van der Waals surface area contributed by atoms with Gasteiger partial charge in [-0.15, -0.1) is 11.3 Å². The highest BCUT2D eigenvalue weighted by molar-refractivity contribution is 7.25. The number of phenols is 2. The molecule has 3 rings (SSSR count). The van der Waals surface area contributed by atoms with Crippen LogP contribution in [0.5, 0.6) is 11.5 Å². The molecule has 0 saturated heterocycles. The molecule has 23 heavy (non-hydrogen) atoms. The summed E-state index contributed by atoms with van der Waals surface area (Å²) < 4.78 is 2.35. The molecule has 0 saturated carbocycles. The standard InChI is InChI=1S/C20H24O2S/c1-5-11(3)13-9-19-15(7-17(13)21)16-8-18(22)14(12(4)6-2)10-20(16)23-19/h7-12,21-22H,5-6H2,1-4H3. The van der Waals surface area contributed by atoms with Gasteiger partial charge in [-0.05, 0) is 60.1 Å². The van der Waals surface area contributed by atoms with Crippen LogP contribution in [-0.4, -0.2) is 10.2 Å². The summed E-state index contributed by atoms with van der Waals surface area (Å²) in [7, 11) is 0. The number of phenolic OH excluding ortho intramolecular Hbond substituents is 2. The Kier molecular flexibility index (Phi) is 4.24. The molecular weight excluding hydrogens is 304 g/mol. The van der Waals surface area contributed by atoms with Crippen molar-refractivity contribution in [2.75, 3.05) is 0 Å². The van der Waals surface area contributed by atoms with E-state index in [0.29, 0.717) is 23.3 Å². The minimum Gasteiger partial charge on any atom is -0.508 e. The molecule has 122 valence electrons. The molecule has 0 bridgehead atoms. The van der Waals surface area contributed by atoms with E-state index in [1.807, 2.05) is 12.1 Å². The molecule has 0 amide bonds. The molecule has 2 nitrogen and oxygen atoms in total. The maximum atomic E-state index is 10.4. The van der Waals surface area contributed by atoms with Gasteiger partial charge in [-0.25, -0.2) is 0 Å². The van der Waals surface area contributed by atoms with E-state index < -0.39 is 0 Å². The molecule has 0 aliphatic rings. The minimum absolute atomic E-state index is 0.341. The highest BCUT2D eigenvalue weighted by atomic mass is 32.1. The van der Waals surface area contributed by atoms with Crippen LogP contribution in [0.4, 0.5) is 0 Å². The normalized spacial score (nSPS) is 14.4. The van der Waals surface area contributed by atoms with Crippen molar-refractivity contribution < 1.29 is 10.2 Å². The predicted octanol–water partition coefficient (Wildman–Crippen LogP) is 6.49. The third-order valence-corrected chi connectivity index (χ3v) is 6.17. The average molecular weight is 328 g/mol. The Hall–Kier alpha value is -1.74. The summed E-state index contributed by atoms with van der Waals surface area (Å²) in [6.45, 7) is 8.55. The van der Waals surface area contributed by atoms with Crippen molar-refractivity contribution >= 4 is 31.5 Å². The van der Waals surface area contributed by atoms with Gasteiger partial charge in [0.25, 0.3) is 0 Å². The van der Waals surface area contributed by atoms with Crippen molar-refractivity contribution in [3.8, 4) is 11.5 Å². The smallest absolute Gasteiger partial charge is 0.119 e. The topological polar surface area (TPSA) is 40.5 Å². The summed E-state index contributed by atoms with van der Waals surface area (Å²) in [6, 6.07) is 7.95. The third-order valence-electron chi connectivity index (χ3n) is 5.05. The lowest BCUT2D eigenvalue weighted by molar-refractivity contribution is 0.462. The summed E-state index contributed by atoms with van der Waals surface area (Å²) in [5.74, 6) is 1.40. The average Bonchev–Trinajstić information content (AvgIpc) is 2.88. The number of rotatable bonds is 4. The Balaban J connectivity index is 2.26. The van der Waals surface area contributed by atoms with Gasteiger partial charge < -0.3 is 10.2 Å². The highest BCUT2D eigenvalue weighted by Crippen LogP contribution is 2.43. The SMILES string of the molecule is CCC(C)c1cc2sc3cc(C(C)CC)c(O)cc3c2cc1O. The molecule has 3 aromatic rings. The number of thiophene rings is 1. The Labute approximate surface area is 141 Å². The zero-order valence-electron chi connectivity index (χ0n) is 14.2. The summed E-state index contributed by atoms with van der Waals surface area (Å²) in [5.41, 5.74) is 2.02. The van der Waals surface area contributed by atoms with Crippen LogP contribution in [0.3, 0.4) is 0 Å². The summed E-state index contributed by atoms with van der Waals surface area (Å²) in [6.07, 6.45) is 2.01. The predicted molar refractivity (Wildman–Crippen MR) is 100 cm³/mol. The third kappa shape index (κ3) is 2.67. The first-order chi connectivity index (χ1) is 11.0. The van der Waals surface area contributed by atoms with Gasteiger partial charge in [0.1, 0.15) is 11.5 Å². The second-order valence-corrected chi connectivity index (χ2v) is 7.62. The van der Waals surface area contributed by atoms with Crippen LogP contribution in [0.15, 0.2) is 24.3 Å². The number of aromatic hydroxyl groups is 2. The molecule has 2 atom stereocenters. The molecule has 2 aromatic carbocycles. The van der Waals surface area contributed by atoms with E-state index in [4.69, 9.17) is 0 Å². The number of hydrogen-bond donors (Lipinski definition) is 2. The Bertz CT molecular complexity index is 793. The van der Waals surface area contributed by atoms with Crippen LogP contribution in [-0.2, 0) is 0 Å². The van der Waals surface area contributed by atoms with Gasteiger partial charge in [-0.3, -0.25) is 0 Å². The van der Waals surface area contributed by atoms with E-state index in [0.717, 1.165) is 34.7 Å². The Morgan fingerprint density at radius 3 is 1.52 bits per heavy atom. The zero-order chi connectivity index (χ0) is 16.7. The van der Waals surface area contributed by atoms with Gasteiger partial charge in [0, 0.05) is 20.2 Å². The molecule has 3 heteroatoms. The van der Waals surface area contributed by atoms with E-state index in [1.165, 1.54) is 9.40 Å². The van der Waals surface area contributed by atoms with Crippen molar-refractivity contribution in [1.82, 2.24) is 0 Å². The van der Waals surface area contributed by atoms with E-state index in [2.05, 4.69) is 39.8 Å². The van der Waals surface area contributed by atoms with E-state index in [9.17, 15) is 10.2 Å². The quantitative estimate of drug-likeness (QED) is 0.574. The van der Waals surface area contributed by atoms with Gasteiger partial charge in [0.05, 0.1) is 0 Å². The number of fused-ring (bicyclic) bond motifs is 3. The van der Waals surface area contributed by atoms with Crippen LogP contribution in [0, 0.1) is 0 Å². The van der Waals surface area contributed by atoms with Gasteiger partial charge in [-0.1, -0.05) is 27.7 Å². The van der Waals surface area contributed by atoms with E-state index >= 15 is 0 Å². The molecule has 2 N–H and O–H groups in total. The lowest BCUT2D eigenvalue weighted by Crippen LogP contribution is -1.92. The molecule has 1 aromatic heterocycles. The first kappa shape index (κ1) is 16.1. The summed E-state index contributed by atoms with van der Waals surface area (Å²) in [4.78, 5) is 0. The maximum absolute atomic E-state index is 10.4. The Morgan fingerprint density at radius 2 is 1.17 bits per heavy atom. The van der Waals surface area contributed by atoms with Crippen LogP contribution < -0.4 is 0 Å². The number of hydrogen-bond acceptors (Lipinski definition) is 3. The number of benzene rings is 2. The van der Waals surface area contributed by atoms with Crippen molar-refractivity contribution in [2.24, 2.45) is 0 Å². The molecule has 0 fully saturated rings. The van der Waals surface area contributed by atoms with Crippen LogP contribution in [0.25, 0.3) is 20.2 Å². The molecular formula is C20H24O2S. The fourth-order valence-electron chi connectivity index (χ4n) is 3.11. The van der Waals surface area contributed by atoms with Crippen molar-refractivity contribution in [2.45, 2.75) is 52.4 Å². The Morgan fingerprint density at radius 1 is 0.783 bits per heavy atom. The largest absolute Gasteiger partial charge is 0.508 e. The van der Waals surface area contributed by atoms with Crippen LogP contribution in [0.2, 0.25) is 0 Å². The van der Waals surface area contributed by atoms with E-state index in [-0.39, 0.29) is 0 Å². The van der Waals surface area contributed by atoms with Gasteiger partial charge in [0.15, 0.2) is 0 Å². The molecule has 0 spiro atoms. The zero-order valence-corrected chi connectivity index (χ0v) is 15.0. The lowest BCUT2D eigenvalue weighted by Gasteiger charge is -2.12. The molecule has 0 aliphatic heterocycles.